The van der Waals surface area contributed by atoms with Gasteiger partial charge in [-0.15, -0.1) is 0 Å². The topological polar surface area (TPSA) is 114 Å². The zero-order valence-corrected chi connectivity index (χ0v) is 16.0. The summed E-state index contributed by atoms with van der Waals surface area (Å²) in [5, 5.41) is 7.03. The van der Waals surface area contributed by atoms with Crippen LogP contribution in [0, 0.1) is 0 Å². The second-order valence-electron chi connectivity index (χ2n) is 7.06. The minimum Gasteiger partial charge on any atom is -0.387 e. The number of nitrogens with zero attached hydrogens (tertiary/aromatic N) is 2. The number of nitrogens with one attached hydrogen (secondary N) is 1. The summed E-state index contributed by atoms with van der Waals surface area (Å²) in [4.78, 5) is 43.0. The Morgan fingerprint density at radius 2 is 2.21 bits per heavy atom. The zero-order valence-electron chi connectivity index (χ0n) is 16.0. The number of primary amides is 1. The number of rotatable bonds is 5. The fourth-order valence-electron chi connectivity index (χ4n) is 3.57. The predicted octanol–water partition coefficient (Wildman–Crippen LogP) is 1.56. The zero-order chi connectivity index (χ0) is 20.3. The third-order valence-electron chi connectivity index (χ3n) is 4.96. The maximum Gasteiger partial charge on any atom is 0.247 e. The standard InChI is InChI=1S/C20H24N4O4/c1-3-6-18(26)24-12-20(11-16(24)19(21)27)10-15(23-28-20)13-7-5-8-14(9-13)22-17(25)4-2/h3,5-9,16H,4,10-12H2,1-2H3,(H2,21,27)(H,22,25)/b6-3+/t16-,20?/m0/s1. The lowest BCUT2D eigenvalue weighted by Crippen LogP contribution is -2.43. The molecule has 0 aromatic heterocycles. The van der Waals surface area contributed by atoms with Crippen LogP contribution in [-0.2, 0) is 19.2 Å². The van der Waals surface area contributed by atoms with Crippen molar-refractivity contribution in [3.63, 3.8) is 0 Å². The van der Waals surface area contributed by atoms with Crippen molar-refractivity contribution in [1.29, 1.82) is 0 Å². The largest absolute Gasteiger partial charge is 0.387 e. The number of hydrogen-bond donors (Lipinski definition) is 2. The SMILES string of the molecule is C/C=C/C(=O)N1CC2(CC(c3cccc(NC(=O)CC)c3)=NO2)C[C@H]1C(N)=O. The van der Waals surface area contributed by atoms with Crippen molar-refractivity contribution in [3.05, 3.63) is 42.0 Å². The first-order valence-corrected chi connectivity index (χ1v) is 9.25. The summed E-state index contributed by atoms with van der Waals surface area (Å²) in [6, 6.07) is 6.62. The Balaban J connectivity index is 1.77. The fourth-order valence-corrected chi connectivity index (χ4v) is 3.57. The molecule has 8 nitrogen and oxygen atoms in total. The Morgan fingerprint density at radius 3 is 2.89 bits per heavy atom. The lowest BCUT2D eigenvalue weighted by atomic mass is 9.91. The van der Waals surface area contributed by atoms with E-state index in [-0.39, 0.29) is 18.4 Å². The van der Waals surface area contributed by atoms with Crippen molar-refractivity contribution in [2.24, 2.45) is 10.9 Å². The van der Waals surface area contributed by atoms with Gasteiger partial charge in [0, 0.05) is 30.5 Å². The Kier molecular flexibility index (Phi) is 5.48. The Labute approximate surface area is 163 Å². The van der Waals surface area contributed by atoms with Crippen LogP contribution in [0.3, 0.4) is 0 Å². The van der Waals surface area contributed by atoms with Crippen LogP contribution in [0.5, 0.6) is 0 Å². The molecule has 3 rings (SSSR count). The van der Waals surface area contributed by atoms with Gasteiger partial charge in [0.15, 0.2) is 5.60 Å². The van der Waals surface area contributed by atoms with Crippen molar-refractivity contribution in [2.75, 3.05) is 11.9 Å². The summed E-state index contributed by atoms with van der Waals surface area (Å²) in [6.07, 6.45) is 4.17. The van der Waals surface area contributed by atoms with Gasteiger partial charge in [0.05, 0.1) is 12.3 Å². The average Bonchev–Trinajstić information content (AvgIpc) is 3.27. The molecule has 2 aliphatic rings. The van der Waals surface area contributed by atoms with E-state index >= 15 is 0 Å². The molecule has 1 fully saturated rings. The molecular formula is C20H24N4O4. The van der Waals surface area contributed by atoms with Gasteiger partial charge in [0.25, 0.3) is 0 Å². The van der Waals surface area contributed by atoms with Crippen LogP contribution in [-0.4, -0.2) is 46.5 Å². The second-order valence-corrected chi connectivity index (χ2v) is 7.06. The van der Waals surface area contributed by atoms with Gasteiger partial charge in [-0.2, -0.15) is 0 Å². The van der Waals surface area contributed by atoms with E-state index in [4.69, 9.17) is 10.6 Å². The minimum absolute atomic E-state index is 0.0727. The van der Waals surface area contributed by atoms with Gasteiger partial charge in [-0.3, -0.25) is 14.4 Å². The number of carbonyl (C=O) groups excluding carboxylic acids is 3. The van der Waals surface area contributed by atoms with E-state index in [2.05, 4.69) is 10.5 Å². The first-order chi connectivity index (χ1) is 13.4. The van der Waals surface area contributed by atoms with Crippen LogP contribution in [0.4, 0.5) is 5.69 Å². The van der Waals surface area contributed by atoms with Gasteiger partial charge in [-0.05, 0) is 25.1 Å². The van der Waals surface area contributed by atoms with E-state index < -0.39 is 17.6 Å². The molecule has 148 valence electrons. The molecule has 2 atom stereocenters. The molecule has 1 aromatic carbocycles. The highest BCUT2D eigenvalue weighted by atomic mass is 16.7. The number of amides is 3. The highest BCUT2D eigenvalue weighted by Crippen LogP contribution is 2.39. The molecule has 2 heterocycles. The maximum absolute atomic E-state index is 12.3. The molecule has 3 N–H and O–H groups in total. The monoisotopic (exact) mass is 384 g/mol. The molecule has 3 amide bonds. The van der Waals surface area contributed by atoms with Gasteiger partial charge in [0.2, 0.25) is 17.7 Å². The molecule has 0 radical (unpaired) electrons. The lowest BCUT2D eigenvalue weighted by Gasteiger charge is -2.21. The Bertz CT molecular complexity index is 864. The van der Waals surface area contributed by atoms with Gasteiger partial charge in [-0.1, -0.05) is 30.3 Å². The van der Waals surface area contributed by atoms with E-state index in [1.807, 2.05) is 18.2 Å². The quantitative estimate of drug-likeness (QED) is 0.750. The van der Waals surface area contributed by atoms with E-state index in [1.54, 1.807) is 26.0 Å². The summed E-state index contributed by atoms with van der Waals surface area (Å²) in [7, 11) is 0. The van der Waals surface area contributed by atoms with Crippen LogP contribution in [0.25, 0.3) is 0 Å². The first-order valence-electron chi connectivity index (χ1n) is 9.25. The maximum atomic E-state index is 12.3. The van der Waals surface area contributed by atoms with Gasteiger partial charge >= 0.3 is 0 Å². The smallest absolute Gasteiger partial charge is 0.247 e. The normalized spacial score (nSPS) is 23.7. The van der Waals surface area contributed by atoms with Gasteiger partial charge in [-0.25, -0.2) is 0 Å². The minimum atomic E-state index is -0.769. The molecule has 0 bridgehead atoms. The van der Waals surface area contributed by atoms with Gasteiger partial charge in [0.1, 0.15) is 6.04 Å². The van der Waals surface area contributed by atoms with Crippen molar-refractivity contribution in [1.82, 2.24) is 4.90 Å². The van der Waals surface area contributed by atoms with Crippen LogP contribution in [0.2, 0.25) is 0 Å². The van der Waals surface area contributed by atoms with Crippen LogP contribution >= 0.6 is 0 Å². The Morgan fingerprint density at radius 1 is 1.43 bits per heavy atom. The summed E-state index contributed by atoms with van der Waals surface area (Å²) in [5.74, 6) is -0.906. The number of allylic oxidation sites excluding steroid dienone is 1. The van der Waals surface area contributed by atoms with E-state index in [9.17, 15) is 14.4 Å². The number of likely N-dealkylation sites (tertiary alicyclic amines) is 1. The highest BCUT2D eigenvalue weighted by molar-refractivity contribution is 6.03. The molecule has 8 heteroatoms. The summed E-state index contributed by atoms with van der Waals surface area (Å²) in [6.45, 7) is 3.76. The second kappa shape index (κ2) is 7.84. The molecule has 0 saturated carbocycles. The summed E-state index contributed by atoms with van der Waals surface area (Å²) < 4.78 is 0. The van der Waals surface area contributed by atoms with Crippen LogP contribution < -0.4 is 11.1 Å². The third-order valence-corrected chi connectivity index (χ3v) is 4.96. The summed E-state index contributed by atoms with van der Waals surface area (Å²) in [5.41, 5.74) is 6.94. The lowest BCUT2D eigenvalue weighted by molar-refractivity contribution is -0.133. The third kappa shape index (κ3) is 3.90. The van der Waals surface area contributed by atoms with Crippen molar-refractivity contribution >= 4 is 29.1 Å². The molecule has 1 unspecified atom stereocenters. The Hall–Kier alpha value is -3.16. The predicted molar refractivity (Wildman–Crippen MR) is 104 cm³/mol. The van der Waals surface area contributed by atoms with Crippen LogP contribution in [0.1, 0.15) is 38.7 Å². The van der Waals surface area contributed by atoms with E-state index in [1.165, 1.54) is 11.0 Å². The van der Waals surface area contributed by atoms with Crippen molar-refractivity contribution in [3.8, 4) is 0 Å². The van der Waals surface area contributed by atoms with E-state index in [0.29, 0.717) is 30.7 Å². The fraction of sp³-hybridized carbons (Fsp3) is 0.400. The average molecular weight is 384 g/mol. The van der Waals surface area contributed by atoms with Gasteiger partial charge < -0.3 is 20.8 Å². The first kappa shape index (κ1) is 19.6. The number of carbonyl (C=O) groups is 3. The number of nitrogens with two attached hydrogens (primary N) is 1. The van der Waals surface area contributed by atoms with Crippen LogP contribution in [0.15, 0.2) is 41.6 Å². The molecular weight excluding hydrogens is 360 g/mol. The molecule has 1 saturated heterocycles. The highest BCUT2D eigenvalue weighted by Gasteiger charge is 2.52. The molecule has 28 heavy (non-hydrogen) atoms. The van der Waals surface area contributed by atoms with E-state index in [0.717, 1.165) is 5.56 Å². The molecule has 0 aliphatic carbocycles. The summed E-state index contributed by atoms with van der Waals surface area (Å²) >= 11 is 0. The van der Waals surface area contributed by atoms with Crippen molar-refractivity contribution in [2.45, 2.75) is 44.8 Å². The number of anilines is 1. The number of oxime groups is 1. The number of benzene rings is 1. The number of hydrogen-bond acceptors (Lipinski definition) is 5. The molecule has 1 spiro atoms. The van der Waals surface area contributed by atoms with Crippen molar-refractivity contribution < 1.29 is 19.2 Å². The molecule has 2 aliphatic heterocycles. The molecule has 1 aromatic rings.